The van der Waals surface area contributed by atoms with Crippen LogP contribution in [0.2, 0.25) is 0 Å². The van der Waals surface area contributed by atoms with Gasteiger partial charge in [0.15, 0.2) is 11.5 Å². The minimum absolute atomic E-state index is 0.245. The van der Waals surface area contributed by atoms with Gasteiger partial charge < -0.3 is 14.9 Å². The number of nitrogens with zero attached hydrogens (tertiary/aromatic N) is 1. The highest BCUT2D eigenvalue weighted by Crippen LogP contribution is 2.38. The van der Waals surface area contributed by atoms with Crippen LogP contribution in [0.25, 0.3) is 0 Å². The largest absolute Gasteiger partial charge is 0.573 e. The molecule has 1 aromatic heterocycles. The molecule has 2 N–H and O–H groups in total. The van der Waals surface area contributed by atoms with Crippen LogP contribution in [-0.2, 0) is 0 Å². The van der Waals surface area contributed by atoms with E-state index >= 15 is 0 Å². The van der Waals surface area contributed by atoms with Crippen LogP contribution in [0, 0.1) is 0 Å². The summed E-state index contributed by atoms with van der Waals surface area (Å²) in [7, 11) is 0. The summed E-state index contributed by atoms with van der Waals surface area (Å²) in [4.78, 5) is 13.5. The molecule has 0 spiro atoms. The van der Waals surface area contributed by atoms with Gasteiger partial charge in [-0.25, -0.2) is 13.6 Å². The van der Waals surface area contributed by atoms with Gasteiger partial charge in [-0.15, -0.1) is 13.2 Å². The molecule has 1 heterocycles. The van der Waals surface area contributed by atoms with Gasteiger partial charge >= 0.3 is 12.3 Å². The molecule has 1 rings (SSSR count). The van der Waals surface area contributed by atoms with E-state index in [1.165, 1.54) is 0 Å². The van der Waals surface area contributed by atoms with Crippen molar-refractivity contribution in [3.05, 3.63) is 17.5 Å². The summed E-state index contributed by atoms with van der Waals surface area (Å²) >= 11 is 0. The summed E-state index contributed by atoms with van der Waals surface area (Å²) in [6, 6.07) is 0. The molecule has 0 aliphatic rings. The lowest BCUT2D eigenvalue weighted by Crippen LogP contribution is -2.20. The molecule has 0 aliphatic carbocycles. The molecule has 0 unspecified atom stereocenters. The molecule has 0 bridgehead atoms. The number of aromatic carboxylic acids is 1. The summed E-state index contributed by atoms with van der Waals surface area (Å²) in [5.41, 5.74) is -2.97. The lowest BCUT2D eigenvalue weighted by molar-refractivity contribution is -0.275. The van der Waals surface area contributed by atoms with Crippen LogP contribution in [0.4, 0.5) is 22.0 Å². The number of carboxylic acids is 1. The van der Waals surface area contributed by atoms with Gasteiger partial charge in [-0.2, -0.15) is 0 Å². The normalized spacial score (nSPS) is 11.7. The first-order chi connectivity index (χ1) is 8.13. The second-order valence-electron chi connectivity index (χ2n) is 2.89. The van der Waals surface area contributed by atoms with Gasteiger partial charge in [0.2, 0.25) is 0 Å². The number of carboxylic acid groups (broad SMARTS) is 1. The van der Waals surface area contributed by atoms with E-state index < -0.39 is 41.5 Å². The van der Waals surface area contributed by atoms with Crippen molar-refractivity contribution in [2.75, 3.05) is 0 Å². The average molecular weight is 273 g/mol. The molecule has 5 nitrogen and oxygen atoms in total. The molecule has 0 amide bonds. The maximum atomic E-state index is 12.4. The first-order valence-corrected chi connectivity index (χ1v) is 4.12. The second kappa shape index (κ2) is 4.63. The quantitative estimate of drug-likeness (QED) is 0.826. The number of alkyl halides is 5. The van der Waals surface area contributed by atoms with Crippen LogP contribution in [0.5, 0.6) is 11.5 Å². The van der Waals surface area contributed by atoms with Crippen molar-refractivity contribution < 1.29 is 41.7 Å². The first kappa shape index (κ1) is 13.9. The van der Waals surface area contributed by atoms with Gasteiger partial charge in [-0.1, -0.05) is 0 Å². The zero-order chi connectivity index (χ0) is 14.1. The van der Waals surface area contributed by atoms with Crippen molar-refractivity contribution >= 4 is 5.97 Å². The van der Waals surface area contributed by atoms with E-state index in [-0.39, 0.29) is 6.20 Å². The Bertz CT molecular complexity index is 473. The van der Waals surface area contributed by atoms with Crippen molar-refractivity contribution in [2.45, 2.75) is 12.8 Å². The Morgan fingerprint density at radius 1 is 1.39 bits per heavy atom. The highest BCUT2D eigenvalue weighted by Gasteiger charge is 2.37. The topological polar surface area (TPSA) is 79.7 Å². The molecule has 0 atom stereocenters. The van der Waals surface area contributed by atoms with Crippen molar-refractivity contribution in [3.63, 3.8) is 0 Å². The fourth-order valence-electron chi connectivity index (χ4n) is 1.09. The lowest BCUT2D eigenvalue weighted by atomic mass is 10.1. The van der Waals surface area contributed by atoms with E-state index in [4.69, 9.17) is 10.2 Å². The van der Waals surface area contributed by atoms with Gasteiger partial charge in [0.05, 0.1) is 6.20 Å². The Labute approximate surface area is 95.4 Å². The maximum Gasteiger partial charge on any atom is 0.573 e. The summed E-state index contributed by atoms with van der Waals surface area (Å²) in [5.74, 6) is -5.07. The fraction of sp³-hybridized carbons (Fsp3) is 0.250. The third-order valence-corrected chi connectivity index (χ3v) is 1.68. The summed E-state index contributed by atoms with van der Waals surface area (Å²) < 4.78 is 63.9. The molecular weight excluding hydrogens is 269 g/mol. The Hall–Kier alpha value is -2.13. The van der Waals surface area contributed by atoms with E-state index in [1.807, 2.05) is 0 Å². The van der Waals surface area contributed by atoms with E-state index in [1.54, 1.807) is 0 Å². The minimum atomic E-state index is -5.34. The fourth-order valence-corrected chi connectivity index (χ4v) is 1.09. The van der Waals surface area contributed by atoms with E-state index in [2.05, 4.69) is 9.72 Å². The number of rotatable bonds is 3. The van der Waals surface area contributed by atoms with Crippen molar-refractivity contribution in [1.29, 1.82) is 0 Å². The van der Waals surface area contributed by atoms with Crippen molar-refractivity contribution in [2.24, 2.45) is 0 Å². The summed E-state index contributed by atoms with van der Waals surface area (Å²) in [6.07, 6.45) is -8.54. The van der Waals surface area contributed by atoms with Crippen LogP contribution in [0.15, 0.2) is 6.20 Å². The maximum absolute atomic E-state index is 12.4. The Kier molecular flexibility index (Phi) is 3.58. The van der Waals surface area contributed by atoms with Gasteiger partial charge in [0.1, 0.15) is 11.3 Å². The molecule has 18 heavy (non-hydrogen) atoms. The van der Waals surface area contributed by atoms with Crippen LogP contribution in [0.3, 0.4) is 0 Å². The van der Waals surface area contributed by atoms with Crippen LogP contribution < -0.4 is 4.74 Å². The van der Waals surface area contributed by atoms with Gasteiger partial charge in [-0.3, -0.25) is 4.98 Å². The van der Waals surface area contributed by atoms with Crippen LogP contribution in [0.1, 0.15) is 22.5 Å². The standard InChI is InChI=1S/C8H4F5NO4/c9-6(10)4-3(7(16)17)5(2(15)1-14-4)18-8(11,12)13/h1,6,15H,(H,16,17). The van der Waals surface area contributed by atoms with Crippen LogP contribution in [-0.4, -0.2) is 27.5 Å². The predicted octanol–water partition coefficient (Wildman–Crippen LogP) is 2.32. The Morgan fingerprint density at radius 3 is 2.33 bits per heavy atom. The summed E-state index contributed by atoms with van der Waals surface area (Å²) in [5, 5.41) is 17.6. The third kappa shape index (κ3) is 2.96. The number of pyridine rings is 1. The molecule has 0 aliphatic heterocycles. The molecule has 0 aromatic carbocycles. The predicted molar refractivity (Wildman–Crippen MR) is 44.5 cm³/mol. The van der Waals surface area contributed by atoms with Crippen molar-refractivity contribution in [1.82, 2.24) is 4.98 Å². The zero-order valence-corrected chi connectivity index (χ0v) is 8.20. The number of hydrogen-bond acceptors (Lipinski definition) is 4. The highest BCUT2D eigenvalue weighted by molar-refractivity contribution is 5.93. The molecule has 0 saturated heterocycles. The second-order valence-corrected chi connectivity index (χ2v) is 2.89. The van der Waals surface area contributed by atoms with Crippen LogP contribution >= 0.6 is 0 Å². The molecule has 0 fully saturated rings. The Balaban J connectivity index is 3.46. The van der Waals surface area contributed by atoms with Gasteiger partial charge in [-0.05, 0) is 0 Å². The molecule has 0 saturated carbocycles. The number of aromatic hydroxyl groups is 1. The molecule has 0 radical (unpaired) electrons. The number of aromatic nitrogens is 1. The number of ether oxygens (including phenoxy) is 1. The Morgan fingerprint density at radius 2 is 1.94 bits per heavy atom. The number of hydrogen-bond donors (Lipinski definition) is 2. The summed E-state index contributed by atoms with van der Waals surface area (Å²) in [6.45, 7) is 0. The van der Waals surface area contributed by atoms with E-state index in [9.17, 15) is 26.7 Å². The minimum Gasteiger partial charge on any atom is -0.503 e. The van der Waals surface area contributed by atoms with E-state index in [0.717, 1.165) is 0 Å². The number of carbonyl (C=O) groups is 1. The van der Waals surface area contributed by atoms with E-state index in [0.29, 0.717) is 0 Å². The molecular formula is C8H4F5NO4. The SMILES string of the molecule is O=C(O)c1c(C(F)F)ncc(O)c1OC(F)(F)F. The smallest absolute Gasteiger partial charge is 0.503 e. The molecule has 1 aromatic rings. The highest BCUT2D eigenvalue weighted by atomic mass is 19.4. The lowest BCUT2D eigenvalue weighted by Gasteiger charge is -2.14. The molecule has 100 valence electrons. The molecule has 10 heteroatoms. The zero-order valence-electron chi connectivity index (χ0n) is 8.20. The third-order valence-electron chi connectivity index (χ3n) is 1.68. The first-order valence-electron chi connectivity index (χ1n) is 4.12. The monoisotopic (exact) mass is 273 g/mol. The van der Waals surface area contributed by atoms with Gasteiger partial charge in [0, 0.05) is 0 Å². The average Bonchev–Trinajstić information content (AvgIpc) is 2.17. The van der Waals surface area contributed by atoms with Gasteiger partial charge in [0.25, 0.3) is 6.43 Å². The number of halogens is 5. The van der Waals surface area contributed by atoms with Crippen molar-refractivity contribution in [3.8, 4) is 11.5 Å².